The van der Waals surface area contributed by atoms with Crippen molar-refractivity contribution < 1.29 is 13.9 Å². The highest BCUT2D eigenvalue weighted by atomic mass is 35.5. The van der Waals surface area contributed by atoms with Gasteiger partial charge in [0.25, 0.3) is 5.91 Å². The first kappa shape index (κ1) is 17.7. The molecule has 1 fully saturated rings. The van der Waals surface area contributed by atoms with Gasteiger partial charge in [0.05, 0.1) is 5.56 Å². The largest absolute Gasteiger partial charge is 0.457 e. The lowest BCUT2D eigenvalue weighted by Crippen LogP contribution is -2.40. The molecule has 1 amide bonds. The lowest BCUT2D eigenvalue weighted by Gasteiger charge is -2.31. The van der Waals surface area contributed by atoms with Gasteiger partial charge in [-0.3, -0.25) is 4.79 Å². The number of nitrogens with zero attached hydrogens (tertiary/aromatic N) is 1. The van der Waals surface area contributed by atoms with E-state index in [1.165, 1.54) is 24.3 Å². The topological polar surface area (TPSA) is 55.6 Å². The maximum absolute atomic E-state index is 13.0. The van der Waals surface area contributed by atoms with Gasteiger partial charge in [0.2, 0.25) is 0 Å². The molecule has 0 unspecified atom stereocenters. The fraction of sp³-hybridized carbons (Fsp3) is 0.316. The predicted molar refractivity (Wildman–Crippen MR) is 95.6 cm³/mol. The van der Waals surface area contributed by atoms with Crippen LogP contribution in [0.5, 0.6) is 11.5 Å². The van der Waals surface area contributed by atoms with E-state index in [4.69, 9.17) is 22.1 Å². The number of ether oxygens (including phenoxy) is 1. The molecule has 3 rings (SSSR count). The normalized spacial score (nSPS) is 15.2. The minimum Gasteiger partial charge on any atom is -0.457 e. The van der Waals surface area contributed by atoms with Crippen LogP contribution in [0.1, 0.15) is 23.2 Å². The third-order valence-corrected chi connectivity index (χ3v) is 4.68. The Balaban J connectivity index is 1.81. The molecule has 1 saturated heterocycles. The van der Waals surface area contributed by atoms with Crippen LogP contribution in [0, 0.1) is 11.7 Å². The molecule has 1 aliphatic heterocycles. The molecule has 0 bridgehead atoms. The van der Waals surface area contributed by atoms with Gasteiger partial charge in [0.15, 0.2) is 0 Å². The van der Waals surface area contributed by atoms with Gasteiger partial charge < -0.3 is 15.4 Å². The first-order valence-electron chi connectivity index (χ1n) is 8.29. The minimum absolute atomic E-state index is 0.116. The maximum Gasteiger partial charge on any atom is 0.257 e. The molecule has 132 valence electrons. The van der Waals surface area contributed by atoms with Crippen molar-refractivity contribution in [3.8, 4) is 11.5 Å². The van der Waals surface area contributed by atoms with E-state index in [0.29, 0.717) is 47.6 Å². The minimum atomic E-state index is -0.345. The Morgan fingerprint density at radius 3 is 2.52 bits per heavy atom. The van der Waals surface area contributed by atoms with E-state index in [1.807, 2.05) is 0 Å². The first-order valence-corrected chi connectivity index (χ1v) is 8.67. The van der Waals surface area contributed by atoms with E-state index >= 15 is 0 Å². The molecule has 25 heavy (non-hydrogen) atoms. The van der Waals surface area contributed by atoms with E-state index in [0.717, 1.165) is 12.8 Å². The Morgan fingerprint density at radius 2 is 1.88 bits per heavy atom. The van der Waals surface area contributed by atoms with Gasteiger partial charge in [-0.2, -0.15) is 0 Å². The maximum atomic E-state index is 13.0. The summed E-state index contributed by atoms with van der Waals surface area (Å²) in [5.41, 5.74) is 6.11. The zero-order valence-electron chi connectivity index (χ0n) is 13.8. The van der Waals surface area contributed by atoms with Gasteiger partial charge in [-0.1, -0.05) is 11.6 Å². The van der Waals surface area contributed by atoms with Crippen LogP contribution in [0.2, 0.25) is 5.02 Å². The number of carbonyl (C=O) groups is 1. The molecule has 2 aromatic carbocycles. The molecule has 1 heterocycles. The Bertz CT molecular complexity index is 744. The van der Waals surface area contributed by atoms with Gasteiger partial charge in [0, 0.05) is 18.1 Å². The second-order valence-corrected chi connectivity index (χ2v) is 6.60. The van der Waals surface area contributed by atoms with Crippen LogP contribution in [0.4, 0.5) is 4.39 Å². The summed E-state index contributed by atoms with van der Waals surface area (Å²) in [6.45, 7) is 1.99. The van der Waals surface area contributed by atoms with Crippen LogP contribution in [-0.4, -0.2) is 30.4 Å². The van der Waals surface area contributed by atoms with Gasteiger partial charge in [0.1, 0.15) is 17.3 Å². The van der Waals surface area contributed by atoms with Crippen LogP contribution in [0.25, 0.3) is 0 Å². The Kier molecular flexibility index (Phi) is 5.56. The number of nitrogens with two attached hydrogens (primary N) is 1. The number of likely N-dealkylation sites (tertiary alicyclic amines) is 1. The molecule has 0 aliphatic carbocycles. The zero-order chi connectivity index (χ0) is 17.8. The summed E-state index contributed by atoms with van der Waals surface area (Å²) in [4.78, 5) is 14.7. The molecule has 0 aromatic heterocycles. The predicted octanol–water partition coefficient (Wildman–Crippen LogP) is 4.08. The second kappa shape index (κ2) is 7.85. The number of rotatable bonds is 4. The molecule has 0 atom stereocenters. The molecular weight excluding hydrogens is 343 g/mol. The van der Waals surface area contributed by atoms with E-state index < -0.39 is 0 Å². The lowest BCUT2D eigenvalue weighted by atomic mass is 9.96. The van der Waals surface area contributed by atoms with Gasteiger partial charge >= 0.3 is 0 Å². The van der Waals surface area contributed by atoms with Gasteiger partial charge in [-0.15, -0.1) is 0 Å². The third-order valence-electron chi connectivity index (χ3n) is 4.45. The first-order chi connectivity index (χ1) is 12.1. The third kappa shape index (κ3) is 4.30. The Labute approximate surface area is 151 Å². The number of halogens is 2. The van der Waals surface area contributed by atoms with Crippen molar-refractivity contribution in [2.45, 2.75) is 12.8 Å². The highest BCUT2D eigenvalue weighted by Gasteiger charge is 2.25. The van der Waals surface area contributed by atoms with Crippen LogP contribution in [0.3, 0.4) is 0 Å². The number of piperidine rings is 1. The fourth-order valence-corrected chi connectivity index (χ4v) is 3.10. The van der Waals surface area contributed by atoms with E-state index in [1.54, 1.807) is 23.1 Å². The van der Waals surface area contributed by atoms with Crippen molar-refractivity contribution >= 4 is 17.5 Å². The molecule has 4 nitrogen and oxygen atoms in total. The van der Waals surface area contributed by atoms with Crippen molar-refractivity contribution in [1.29, 1.82) is 0 Å². The van der Waals surface area contributed by atoms with E-state index in [2.05, 4.69) is 0 Å². The van der Waals surface area contributed by atoms with Crippen molar-refractivity contribution in [3.05, 3.63) is 58.9 Å². The summed E-state index contributed by atoms with van der Waals surface area (Å²) < 4.78 is 18.8. The monoisotopic (exact) mass is 362 g/mol. The average molecular weight is 363 g/mol. The van der Waals surface area contributed by atoms with Crippen LogP contribution in [0.15, 0.2) is 42.5 Å². The summed E-state index contributed by atoms with van der Waals surface area (Å²) >= 11 is 6.08. The van der Waals surface area contributed by atoms with Gasteiger partial charge in [-0.05, 0) is 67.8 Å². The highest BCUT2D eigenvalue weighted by molar-refractivity contribution is 6.31. The summed E-state index contributed by atoms with van der Waals surface area (Å²) in [7, 11) is 0. The molecule has 1 aliphatic rings. The van der Waals surface area contributed by atoms with Crippen molar-refractivity contribution in [3.63, 3.8) is 0 Å². The summed E-state index contributed by atoms with van der Waals surface area (Å²) in [6.07, 6.45) is 1.80. The zero-order valence-corrected chi connectivity index (χ0v) is 14.5. The number of hydrogen-bond donors (Lipinski definition) is 1. The van der Waals surface area contributed by atoms with Crippen molar-refractivity contribution in [2.24, 2.45) is 11.7 Å². The summed E-state index contributed by atoms with van der Waals surface area (Å²) in [5, 5.41) is 0.464. The van der Waals surface area contributed by atoms with E-state index in [9.17, 15) is 9.18 Å². The molecule has 2 aromatic rings. The van der Waals surface area contributed by atoms with Crippen LogP contribution < -0.4 is 10.5 Å². The molecule has 2 N–H and O–H groups in total. The molecular formula is C19H20ClFN2O2. The number of amides is 1. The molecule has 6 heteroatoms. The summed E-state index contributed by atoms with van der Waals surface area (Å²) in [5.74, 6) is 0.873. The smallest absolute Gasteiger partial charge is 0.257 e. The van der Waals surface area contributed by atoms with Crippen LogP contribution in [-0.2, 0) is 0 Å². The SMILES string of the molecule is NCC1CCN(C(=O)c2cc(Cl)ccc2Oc2ccc(F)cc2)CC1. The van der Waals surface area contributed by atoms with Crippen molar-refractivity contribution in [1.82, 2.24) is 4.90 Å². The van der Waals surface area contributed by atoms with Crippen LogP contribution >= 0.6 is 11.6 Å². The quantitative estimate of drug-likeness (QED) is 0.891. The summed E-state index contributed by atoms with van der Waals surface area (Å²) in [6, 6.07) is 10.6. The molecule has 0 spiro atoms. The molecule has 0 radical (unpaired) electrons. The second-order valence-electron chi connectivity index (χ2n) is 6.17. The highest BCUT2D eigenvalue weighted by Crippen LogP contribution is 2.30. The number of carbonyl (C=O) groups excluding carboxylic acids is 1. The number of benzene rings is 2. The van der Waals surface area contributed by atoms with Crippen molar-refractivity contribution in [2.75, 3.05) is 19.6 Å². The fourth-order valence-electron chi connectivity index (χ4n) is 2.93. The Hall–Kier alpha value is -2.11. The van der Waals surface area contributed by atoms with Gasteiger partial charge in [-0.25, -0.2) is 4.39 Å². The standard InChI is InChI=1S/C19H20ClFN2O2/c20-14-1-6-18(25-16-4-2-15(21)3-5-16)17(11-14)19(24)23-9-7-13(12-22)8-10-23/h1-6,11,13H,7-10,12,22H2. The lowest BCUT2D eigenvalue weighted by molar-refractivity contribution is 0.0691. The molecule has 0 saturated carbocycles. The number of hydrogen-bond acceptors (Lipinski definition) is 3. The van der Waals surface area contributed by atoms with E-state index in [-0.39, 0.29) is 11.7 Å². The Morgan fingerprint density at radius 1 is 1.20 bits per heavy atom. The average Bonchev–Trinajstić information content (AvgIpc) is 2.64.